The second-order valence-corrected chi connectivity index (χ2v) is 7.28. The summed E-state index contributed by atoms with van der Waals surface area (Å²) < 4.78 is 23.0. The molecule has 7 heteroatoms. The summed E-state index contributed by atoms with van der Waals surface area (Å²) in [5.41, 5.74) is 7.02. The van der Waals surface area contributed by atoms with Gasteiger partial charge in [-0.15, -0.1) is 0 Å². The van der Waals surface area contributed by atoms with Crippen molar-refractivity contribution >= 4 is 21.4 Å². The maximum atomic E-state index is 11.5. The Labute approximate surface area is 120 Å². The van der Waals surface area contributed by atoms with E-state index in [-0.39, 0.29) is 4.90 Å². The summed E-state index contributed by atoms with van der Waals surface area (Å²) in [4.78, 5) is 4.41. The lowest BCUT2D eigenvalue weighted by molar-refractivity contribution is 0.266. The Morgan fingerprint density at radius 3 is 2.40 bits per heavy atom. The number of benzene rings is 1. The quantitative estimate of drug-likeness (QED) is 0.783. The average Bonchev–Trinajstić information content (AvgIpc) is 2.69. The molecule has 0 bridgehead atoms. The SMILES string of the molecule is CC1CN(c2cc(N)cc(S(N)(=O)=O)c2)CC1N(C)C. The molecule has 1 aliphatic rings. The number of nitrogen functional groups attached to an aromatic ring is 1. The first-order valence-electron chi connectivity index (χ1n) is 6.53. The Bertz CT molecular complexity index is 600. The number of nitrogens with zero attached hydrogens (tertiary/aromatic N) is 2. The zero-order chi connectivity index (χ0) is 15.1. The molecule has 1 fully saturated rings. The van der Waals surface area contributed by atoms with Crippen molar-refractivity contribution in [2.24, 2.45) is 11.1 Å². The summed E-state index contributed by atoms with van der Waals surface area (Å²) in [6.45, 7) is 3.91. The van der Waals surface area contributed by atoms with E-state index in [0.29, 0.717) is 17.6 Å². The van der Waals surface area contributed by atoms with Crippen LogP contribution in [-0.4, -0.2) is 46.5 Å². The number of likely N-dealkylation sites (N-methyl/N-ethyl adjacent to an activating group) is 1. The van der Waals surface area contributed by atoms with Crippen molar-refractivity contribution in [2.45, 2.75) is 17.9 Å². The first-order valence-corrected chi connectivity index (χ1v) is 8.08. The zero-order valence-electron chi connectivity index (χ0n) is 12.1. The normalized spacial score (nSPS) is 23.6. The minimum atomic E-state index is -3.74. The molecule has 1 aliphatic heterocycles. The largest absolute Gasteiger partial charge is 0.399 e. The molecule has 1 heterocycles. The molecule has 2 rings (SSSR count). The molecule has 4 N–H and O–H groups in total. The van der Waals surface area contributed by atoms with Gasteiger partial charge in [0, 0.05) is 30.5 Å². The molecule has 0 saturated carbocycles. The van der Waals surface area contributed by atoms with Gasteiger partial charge in [-0.1, -0.05) is 6.92 Å². The van der Waals surface area contributed by atoms with Crippen molar-refractivity contribution in [3.8, 4) is 0 Å². The van der Waals surface area contributed by atoms with E-state index in [2.05, 4.69) is 30.8 Å². The third kappa shape index (κ3) is 3.05. The van der Waals surface area contributed by atoms with E-state index in [1.54, 1.807) is 12.1 Å². The Morgan fingerprint density at radius 1 is 1.25 bits per heavy atom. The number of primary sulfonamides is 1. The summed E-state index contributed by atoms with van der Waals surface area (Å²) in [7, 11) is 0.373. The standard InChI is InChI=1S/C13H22N4O2S/c1-9-7-17(8-13(9)16(2)3)11-4-10(14)5-12(6-11)20(15,18)19/h4-6,9,13H,7-8,14H2,1-3H3,(H2,15,18,19). The van der Waals surface area contributed by atoms with E-state index >= 15 is 0 Å². The van der Waals surface area contributed by atoms with E-state index in [9.17, 15) is 8.42 Å². The van der Waals surface area contributed by atoms with Crippen molar-refractivity contribution in [1.82, 2.24) is 4.90 Å². The maximum absolute atomic E-state index is 11.5. The van der Waals surface area contributed by atoms with Gasteiger partial charge in [-0.25, -0.2) is 13.6 Å². The summed E-state index contributed by atoms with van der Waals surface area (Å²) in [6.07, 6.45) is 0. The fourth-order valence-corrected chi connectivity index (χ4v) is 3.37. The highest BCUT2D eigenvalue weighted by atomic mass is 32.2. The fraction of sp³-hybridized carbons (Fsp3) is 0.538. The van der Waals surface area contributed by atoms with Crippen LogP contribution in [0.3, 0.4) is 0 Å². The molecule has 0 radical (unpaired) electrons. The zero-order valence-corrected chi connectivity index (χ0v) is 12.9. The highest BCUT2D eigenvalue weighted by molar-refractivity contribution is 7.89. The van der Waals surface area contributed by atoms with Crippen LogP contribution >= 0.6 is 0 Å². The van der Waals surface area contributed by atoms with Gasteiger partial charge in [-0.05, 0) is 38.2 Å². The van der Waals surface area contributed by atoms with E-state index < -0.39 is 10.0 Å². The lowest BCUT2D eigenvalue weighted by Gasteiger charge is -2.23. The molecule has 6 nitrogen and oxygen atoms in total. The van der Waals surface area contributed by atoms with Crippen LogP contribution in [0.5, 0.6) is 0 Å². The number of nitrogens with two attached hydrogens (primary N) is 2. The first-order chi connectivity index (χ1) is 9.18. The third-order valence-electron chi connectivity index (χ3n) is 3.84. The van der Waals surface area contributed by atoms with Gasteiger partial charge in [0.05, 0.1) is 4.90 Å². The number of rotatable bonds is 3. The first kappa shape index (κ1) is 15.1. The van der Waals surface area contributed by atoms with Gasteiger partial charge in [0.15, 0.2) is 0 Å². The number of anilines is 2. The van der Waals surface area contributed by atoms with Crippen molar-refractivity contribution < 1.29 is 8.42 Å². The minimum absolute atomic E-state index is 0.0634. The van der Waals surface area contributed by atoms with Gasteiger partial charge in [-0.2, -0.15) is 0 Å². The predicted molar refractivity (Wildman–Crippen MR) is 81.1 cm³/mol. The van der Waals surface area contributed by atoms with Gasteiger partial charge in [0.25, 0.3) is 0 Å². The summed E-state index contributed by atoms with van der Waals surface area (Å²) in [5, 5.41) is 5.19. The molecule has 0 aliphatic carbocycles. The molecule has 0 aromatic heterocycles. The molecular formula is C13H22N4O2S. The fourth-order valence-electron chi connectivity index (χ4n) is 2.79. The molecule has 1 saturated heterocycles. The molecular weight excluding hydrogens is 276 g/mol. The number of sulfonamides is 1. The monoisotopic (exact) mass is 298 g/mol. The van der Waals surface area contributed by atoms with Crippen LogP contribution in [0.25, 0.3) is 0 Å². The maximum Gasteiger partial charge on any atom is 0.238 e. The highest BCUT2D eigenvalue weighted by Gasteiger charge is 2.31. The Balaban J connectivity index is 2.33. The smallest absolute Gasteiger partial charge is 0.238 e. The topological polar surface area (TPSA) is 92.7 Å². The Kier molecular flexibility index (Phi) is 3.95. The number of hydrogen-bond acceptors (Lipinski definition) is 5. The van der Waals surface area contributed by atoms with Crippen LogP contribution in [-0.2, 0) is 10.0 Å². The summed E-state index contributed by atoms with van der Waals surface area (Å²) >= 11 is 0. The average molecular weight is 298 g/mol. The summed E-state index contributed by atoms with van der Waals surface area (Å²) in [6, 6.07) is 5.21. The van der Waals surface area contributed by atoms with Crippen molar-refractivity contribution in [1.29, 1.82) is 0 Å². The van der Waals surface area contributed by atoms with E-state index in [1.165, 1.54) is 6.07 Å². The van der Waals surface area contributed by atoms with E-state index in [0.717, 1.165) is 18.8 Å². The van der Waals surface area contributed by atoms with Gasteiger partial charge in [0.1, 0.15) is 0 Å². The molecule has 1 aromatic rings. The molecule has 0 amide bonds. The predicted octanol–water partition coefficient (Wildman–Crippen LogP) is 0.303. The van der Waals surface area contributed by atoms with Crippen LogP contribution < -0.4 is 15.8 Å². The van der Waals surface area contributed by atoms with Crippen LogP contribution in [0, 0.1) is 5.92 Å². The highest BCUT2D eigenvalue weighted by Crippen LogP contribution is 2.29. The molecule has 2 atom stereocenters. The molecule has 20 heavy (non-hydrogen) atoms. The molecule has 1 aromatic carbocycles. The summed E-state index contributed by atoms with van der Waals surface area (Å²) in [5.74, 6) is 0.504. The lowest BCUT2D eigenvalue weighted by Crippen LogP contribution is -2.34. The van der Waals surface area contributed by atoms with Gasteiger partial charge in [-0.3, -0.25) is 0 Å². The molecule has 2 unspecified atom stereocenters. The second kappa shape index (κ2) is 5.23. The Morgan fingerprint density at radius 2 is 1.90 bits per heavy atom. The lowest BCUT2D eigenvalue weighted by atomic mass is 10.1. The third-order valence-corrected chi connectivity index (χ3v) is 4.74. The van der Waals surface area contributed by atoms with Crippen LogP contribution in [0.4, 0.5) is 11.4 Å². The van der Waals surface area contributed by atoms with Crippen molar-refractivity contribution in [3.05, 3.63) is 18.2 Å². The van der Waals surface area contributed by atoms with Gasteiger partial charge >= 0.3 is 0 Å². The van der Waals surface area contributed by atoms with Crippen LogP contribution in [0.15, 0.2) is 23.1 Å². The van der Waals surface area contributed by atoms with E-state index in [4.69, 9.17) is 10.9 Å². The minimum Gasteiger partial charge on any atom is -0.399 e. The van der Waals surface area contributed by atoms with Crippen molar-refractivity contribution in [2.75, 3.05) is 37.8 Å². The second-order valence-electron chi connectivity index (χ2n) is 5.72. The van der Waals surface area contributed by atoms with E-state index in [1.807, 2.05) is 0 Å². The van der Waals surface area contributed by atoms with Crippen LogP contribution in [0.2, 0.25) is 0 Å². The molecule has 112 valence electrons. The molecule has 0 spiro atoms. The number of hydrogen-bond donors (Lipinski definition) is 2. The van der Waals surface area contributed by atoms with Crippen molar-refractivity contribution in [3.63, 3.8) is 0 Å². The van der Waals surface area contributed by atoms with Gasteiger partial charge in [0.2, 0.25) is 10.0 Å². The van der Waals surface area contributed by atoms with Crippen LogP contribution in [0.1, 0.15) is 6.92 Å². The Hall–Kier alpha value is -1.31. The van der Waals surface area contributed by atoms with Gasteiger partial charge < -0.3 is 15.5 Å².